The Hall–Kier alpha value is -2.55. The maximum Gasteiger partial charge on any atom is 0.408 e. The van der Waals surface area contributed by atoms with Gasteiger partial charge in [-0.05, 0) is 39.8 Å². The van der Waals surface area contributed by atoms with Crippen LogP contribution in [-0.2, 0) is 14.3 Å². The Kier molecular flexibility index (Phi) is 12.2. The van der Waals surface area contributed by atoms with Crippen LogP contribution in [0, 0.1) is 0 Å². The average Bonchev–Trinajstić information content (AvgIpc) is 2.90. The number of nitrogens with zero attached hydrogens (tertiary/aromatic N) is 1. The Labute approximate surface area is 195 Å². The van der Waals surface area contributed by atoms with Crippen molar-refractivity contribution in [3.05, 3.63) is 30.1 Å². The van der Waals surface area contributed by atoms with Crippen molar-refractivity contribution in [2.45, 2.75) is 62.9 Å². The van der Waals surface area contributed by atoms with Crippen molar-refractivity contribution in [3.8, 4) is 0 Å². The molecule has 1 unspecified atom stereocenters. The number of carbonyl (C=O) groups excluding carboxylic acids is 2. The van der Waals surface area contributed by atoms with E-state index in [-0.39, 0.29) is 0 Å². The molecule has 1 aromatic heterocycles. The van der Waals surface area contributed by atoms with Gasteiger partial charge in [0.1, 0.15) is 23.9 Å². The lowest BCUT2D eigenvalue weighted by Gasteiger charge is -2.20. The summed E-state index contributed by atoms with van der Waals surface area (Å²) in [6.45, 7) is 5.98. The smallest absolute Gasteiger partial charge is 0.408 e. The van der Waals surface area contributed by atoms with E-state index >= 15 is 0 Å². The van der Waals surface area contributed by atoms with Crippen LogP contribution in [0.3, 0.4) is 0 Å². The zero-order valence-electron chi connectivity index (χ0n) is 18.5. The van der Waals surface area contributed by atoms with E-state index in [0.717, 1.165) is 0 Å². The van der Waals surface area contributed by atoms with Gasteiger partial charge >= 0.3 is 12.1 Å². The third kappa shape index (κ3) is 11.8. The third-order valence-corrected chi connectivity index (χ3v) is 3.93. The lowest BCUT2D eigenvalue weighted by atomic mass is 10.1. The first kappa shape index (κ1) is 30.4. The van der Waals surface area contributed by atoms with E-state index < -0.39 is 59.8 Å². The molecule has 0 aromatic carbocycles. The van der Waals surface area contributed by atoms with Crippen LogP contribution in [0.15, 0.2) is 24.5 Å². The summed E-state index contributed by atoms with van der Waals surface area (Å²) in [5.74, 6) is -1.53. The monoisotopic (exact) mass is 495 g/mol. The molecule has 5 atom stereocenters. The van der Waals surface area contributed by atoms with E-state index in [1.165, 1.54) is 13.1 Å². The summed E-state index contributed by atoms with van der Waals surface area (Å²) in [7, 11) is 0. The first-order valence-corrected chi connectivity index (χ1v) is 9.87. The molecule has 0 radical (unpaired) electrons. The molecule has 1 aromatic rings. The number of alkyl halides is 1. The first-order valence-electron chi connectivity index (χ1n) is 9.50. The zero-order chi connectivity index (χ0) is 26.0. The van der Waals surface area contributed by atoms with Gasteiger partial charge in [-0.3, -0.25) is 14.6 Å². The molecule has 14 heteroatoms. The van der Waals surface area contributed by atoms with Crippen molar-refractivity contribution in [1.82, 2.24) is 10.3 Å². The lowest BCUT2D eigenvalue weighted by molar-refractivity contribution is -0.169. The lowest BCUT2D eigenvalue weighted by Crippen LogP contribution is -2.41. The first-order chi connectivity index (χ1) is 15.0. The van der Waals surface area contributed by atoms with Gasteiger partial charge in [-0.1, -0.05) is 11.6 Å². The van der Waals surface area contributed by atoms with Crippen LogP contribution >= 0.6 is 11.6 Å². The Morgan fingerprint density at radius 3 is 2.21 bits per heavy atom. The summed E-state index contributed by atoms with van der Waals surface area (Å²) in [5, 5.41) is 43.8. The number of halogens is 1. The molecular weight excluding hydrogens is 466 g/mol. The number of aliphatic hydroxyl groups is 4. The Balaban J connectivity index is 0.000000472. The van der Waals surface area contributed by atoms with Crippen LogP contribution in [0.1, 0.15) is 38.1 Å². The van der Waals surface area contributed by atoms with Crippen molar-refractivity contribution in [3.63, 3.8) is 0 Å². The molecule has 0 spiro atoms. The molecular formula is C19H30ClN3O10. The number of ether oxygens (including phenoxy) is 2. The molecule has 188 valence electrons. The fourth-order valence-electron chi connectivity index (χ4n) is 1.97. The number of carbonyl (C=O) groups is 3. The Bertz CT molecular complexity index is 773. The summed E-state index contributed by atoms with van der Waals surface area (Å²) in [6, 6.07) is 2.35. The highest BCUT2D eigenvalue weighted by Gasteiger charge is 2.52. The number of hydrogen-bond donors (Lipinski definition) is 7. The molecule has 13 nitrogen and oxygen atoms in total. The number of nitrogens with one attached hydrogen (secondary N) is 1. The van der Waals surface area contributed by atoms with Crippen LogP contribution in [0.4, 0.5) is 4.79 Å². The Morgan fingerprint density at radius 1 is 1.36 bits per heavy atom. The molecule has 2 amide bonds. The summed E-state index contributed by atoms with van der Waals surface area (Å²) in [6.07, 6.45) is -1.69. The maximum absolute atomic E-state index is 11.0. The fourth-order valence-corrected chi connectivity index (χ4v) is 2.21. The largest absolute Gasteiger partial charge is 0.480 e. The summed E-state index contributed by atoms with van der Waals surface area (Å²) in [4.78, 5) is 35.4. The minimum atomic E-state index is -2.28. The number of amides is 2. The van der Waals surface area contributed by atoms with Crippen molar-refractivity contribution in [2.75, 3.05) is 6.61 Å². The second-order valence-corrected chi connectivity index (χ2v) is 8.24. The van der Waals surface area contributed by atoms with Crippen molar-refractivity contribution < 1.29 is 49.4 Å². The van der Waals surface area contributed by atoms with E-state index in [4.69, 9.17) is 47.6 Å². The number of aliphatic carboxylic acids is 1. The number of nitrogens with two attached hydrogens (primary N) is 1. The predicted molar refractivity (Wildman–Crippen MR) is 114 cm³/mol. The number of aliphatic hydroxyl groups excluding tert-OH is 3. The van der Waals surface area contributed by atoms with Gasteiger partial charge in [-0.2, -0.15) is 0 Å². The number of rotatable bonds is 4. The number of pyridine rings is 1. The predicted octanol–water partition coefficient (Wildman–Crippen LogP) is -0.851. The summed E-state index contributed by atoms with van der Waals surface area (Å²) in [5.41, 5.74) is 4.77. The number of hydrogen-bond acceptors (Lipinski definition) is 10. The average molecular weight is 496 g/mol. The van der Waals surface area contributed by atoms with Crippen molar-refractivity contribution in [1.29, 1.82) is 0 Å². The topological polar surface area (TPSA) is 222 Å². The molecule has 1 saturated heterocycles. The van der Waals surface area contributed by atoms with Crippen LogP contribution in [0.5, 0.6) is 0 Å². The molecule has 0 bridgehead atoms. The number of alkyl carbamates (subject to hydrolysis) is 1. The van der Waals surface area contributed by atoms with E-state index in [1.54, 1.807) is 39.1 Å². The van der Waals surface area contributed by atoms with Crippen LogP contribution in [0.2, 0.25) is 0 Å². The second kappa shape index (κ2) is 13.2. The van der Waals surface area contributed by atoms with Gasteiger partial charge in [0.05, 0.1) is 12.2 Å². The number of aromatic nitrogens is 1. The van der Waals surface area contributed by atoms with E-state index in [2.05, 4.69) is 15.0 Å². The Morgan fingerprint density at radius 2 is 1.94 bits per heavy atom. The fraction of sp³-hybridized carbons (Fsp3) is 0.579. The zero-order valence-corrected chi connectivity index (χ0v) is 19.3. The normalized spacial score (nSPS) is 24.8. The van der Waals surface area contributed by atoms with Gasteiger partial charge in [0.2, 0.25) is 5.91 Å². The molecule has 0 aliphatic carbocycles. The number of primary amides is 1. The molecule has 2 rings (SSSR count). The minimum absolute atomic E-state index is 0.442. The molecule has 1 aliphatic rings. The van der Waals surface area contributed by atoms with Crippen LogP contribution in [0.25, 0.3) is 0 Å². The summed E-state index contributed by atoms with van der Waals surface area (Å²) >= 11 is 5.20. The van der Waals surface area contributed by atoms with Gasteiger partial charge in [0.15, 0.2) is 6.10 Å². The van der Waals surface area contributed by atoms with Crippen molar-refractivity contribution in [2.24, 2.45) is 5.73 Å². The number of carboxylic acids is 1. The van der Waals surface area contributed by atoms with E-state index in [9.17, 15) is 14.4 Å². The molecule has 1 aliphatic heterocycles. The number of carboxylic acid groups (broad SMARTS) is 1. The van der Waals surface area contributed by atoms with E-state index in [0.29, 0.717) is 5.56 Å². The van der Waals surface area contributed by atoms with Gasteiger partial charge in [0, 0.05) is 12.4 Å². The molecule has 33 heavy (non-hydrogen) atoms. The van der Waals surface area contributed by atoms with Gasteiger partial charge in [-0.25, -0.2) is 4.79 Å². The third-order valence-electron chi connectivity index (χ3n) is 3.62. The SMILES string of the molecule is C[C@H](NC(=O)OC(C)(C)C)C(=O)O.NC(=O)c1cccnc1.OC[C@H]1OC(O)(Cl)[C@H](O)[C@@H]1O. The quantitative estimate of drug-likeness (QED) is 0.255. The van der Waals surface area contributed by atoms with Gasteiger partial charge < -0.3 is 46.1 Å². The minimum Gasteiger partial charge on any atom is -0.480 e. The van der Waals surface area contributed by atoms with Crippen molar-refractivity contribution >= 4 is 29.6 Å². The highest BCUT2D eigenvalue weighted by molar-refractivity contribution is 6.22. The van der Waals surface area contributed by atoms with Gasteiger partial charge in [-0.15, -0.1) is 0 Å². The van der Waals surface area contributed by atoms with Crippen LogP contribution < -0.4 is 11.1 Å². The highest BCUT2D eigenvalue weighted by Crippen LogP contribution is 2.31. The molecule has 1 fully saturated rings. The van der Waals surface area contributed by atoms with E-state index in [1.807, 2.05) is 0 Å². The van der Waals surface area contributed by atoms with Crippen LogP contribution in [-0.4, -0.2) is 90.3 Å². The molecule has 2 heterocycles. The highest BCUT2D eigenvalue weighted by atomic mass is 35.5. The molecule has 8 N–H and O–H groups in total. The molecule has 0 saturated carbocycles. The second-order valence-electron chi connectivity index (χ2n) is 7.70. The van der Waals surface area contributed by atoms with Gasteiger partial charge in [0.25, 0.3) is 5.25 Å². The standard InChI is InChI=1S/C8H15NO4.C6H6N2O.C5H9ClO5/c1-5(6(10)11)9-7(12)13-8(2,3)4;7-6(9)5-2-1-3-8-4-5;6-5(10)4(9)3(8)2(1-7)11-5/h5H,1-4H3,(H,9,12)(H,10,11);1-4H,(H2,7,9);2-4,7-10H,1H2/t5-;;2-,3-,4-,5?/m0.1/s1. The maximum atomic E-state index is 11.0. The summed E-state index contributed by atoms with van der Waals surface area (Å²) < 4.78 is 9.34.